The zero-order valence-corrected chi connectivity index (χ0v) is 22.4. The smallest absolute Gasteiger partial charge is 0.309 e. The Morgan fingerprint density at radius 1 is 1.03 bits per heavy atom. The summed E-state index contributed by atoms with van der Waals surface area (Å²) in [6.45, 7) is 12.0. The van der Waals surface area contributed by atoms with Gasteiger partial charge in [-0.15, -0.1) is 0 Å². The van der Waals surface area contributed by atoms with Gasteiger partial charge in [0.05, 0.1) is 17.4 Å². The Labute approximate surface area is 213 Å². The monoisotopic (exact) mass is 493 g/mol. The van der Waals surface area contributed by atoms with Crippen LogP contribution in [0.5, 0.6) is 0 Å². The van der Waals surface area contributed by atoms with Crippen LogP contribution >= 0.6 is 0 Å². The van der Waals surface area contributed by atoms with Crippen molar-refractivity contribution < 1.29 is 24.6 Å². The minimum atomic E-state index is -1.50. The van der Waals surface area contributed by atoms with Crippen LogP contribution in [0.4, 0.5) is 0 Å². The van der Waals surface area contributed by atoms with E-state index in [0.717, 1.165) is 5.57 Å². The van der Waals surface area contributed by atoms with E-state index in [1.54, 1.807) is 13.0 Å². The summed E-state index contributed by atoms with van der Waals surface area (Å²) in [5.74, 6) is -3.25. The van der Waals surface area contributed by atoms with Gasteiger partial charge in [-0.25, -0.2) is 0 Å². The van der Waals surface area contributed by atoms with E-state index in [1.807, 2.05) is 26.8 Å². The zero-order valence-electron chi connectivity index (χ0n) is 22.4. The lowest BCUT2D eigenvalue weighted by molar-refractivity contribution is -0.197. The van der Waals surface area contributed by atoms with Crippen LogP contribution in [0, 0.1) is 62.1 Å². The Kier molecular flexibility index (Phi) is 5.07. The standard InChI is InChI=1S/C30H39NO5/c1-25(2)11-13-30(24(34)35)14-12-28(5)23(22(30)17(25)16-31)18(32)15-20-26(3)9-8-21(33)29(6,36)19(26)7-10-27(20,28)4/h8-9,15,17,19,22-23,36H,7,10-14H2,1-6H3,(H,34,35). The molecule has 3 saturated carbocycles. The number of fused-ring (bicyclic) bond motifs is 7. The molecule has 0 aromatic rings. The lowest BCUT2D eigenvalue weighted by Gasteiger charge is -2.69. The van der Waals surface area contributed by atoms with Gasteiger partial charge in [0.2, 0.25) is 0 Å². The molecule has 3 fully saturated rings. The number of hydrogen-bond donors (Lipinski definition) is 2. The summed E-state index contributed by atoms with van der Waals surface area (Å²) in [5.41, 5.74) is -3.62. The molecule has 0 saturated heterocycles. The molecule has 0 bridgehead atoms. The van der Waals surface area contributed by atoms with Gasteiger partial charge >= 0.3 is 5.97 Å². The first kappa shape index (κ1) is 25.4. The van der Waals surface area contributed by atoms with Gasteiger partial charge in [-0.2, -0.15) is 5.26 Å². The number of aliphatic carboxylic acids is 1. The van der Waals surface area contributed by atoms with Crippen molar-refractivity contribution >= 4 is 17.5 Å². The first-order valence-corrected chi connectivity index (χ1v) is 13.4. The number of nitrogens with zero attached hydrogens (tertiary/aromatic N) is 1. The van der Waals surface area contributed by atoms with Crippen LogP contribution < -0.4 is 0 Å². The topological polar surface area (TPSA) is 115 Å². The highest BCUT2D eigenvalue weighted by atomic mass is 16.4. The molecule has 0 spiro atoms. The van der Waals surface area contributed by atoms with Crippen LogP contribution in [0.25, 0.3) is 0 Å². The molecule has 9 unspecified atom stereocenters. The van der Waals surface area contributed by atoms with Crippen molar-refractivity contribution in [3.8, 4) is 6.07 Å². The number of hydrogen-bond acceptors (Lipinski definition) is 5. The molecule has 5 aliphatic carbocycles. The fraction of sp³-hybridized carbons (Fsp3) is 0.733. The third kappa shape index (κ3) is 2.73. The van der Waals surface area contributed by atoms with Crippen LogP contribution in [0.3, 0.4) is 0 Å². The Hall–Kier alpha value is -2.26. The number of nitriles is 1. The Bertz CT molecular complexity index is 1170. The number of rotatable bonds is 1. The Morgan fingerprint density at radius 2 is 1.67 bits per heavy atom. The fourth-order valence-corrected chi connectivity index (χ4v) is 9.68. The van der Waals surface area contributed by atoms with Crippen molar-refractivity contribution in [2.75, 3.05) is 0 Å². The predicted molar refractivity (Wildman–Crippen MR) is 133 cm³/mol. The quantitative estimate of drug-likeness (QED) is 0.538. The van der Waals surface area contributed by atoms with Gasteiger partial charge in [0.25, 0.3) is 0 Å². The number of ketones is 2. The molecule has 0 aromatic heterocycles. The second-order valence-corrected chi connectivity index (χ2v) is 14.0. The highest BCUT2D eigenvalue weighted by Crippen LogP contribution is 2.74. The predicted octanol–water partition coefficient (Wildman–Crippen LogP) is 4.87. The van der Waals surface area contributed by atoms with E-state index in [0.29, 0.717) is 38.5 Å². The number of aliphatic hydroxyl groups is 1. The van der Waals surface area contributed by atoms with Gasteiger partial charge in [0.15, 0.2) is 11.6 Å². The van der Waals surface area contributed by atoms with E-state index in [4.69, 9.17) is 0 Å². The largest absolute Gasteiger partial charge is 0.481 e. The van der Waals surface area contributed by atoms with Crippen molar-refractivity contribution in [1.82, 2.24) is 0 Å². The molecular weight excluding hydrogens is 454 g/mol. The number of carboxylic acid groups (broad SMARTS) is 1. The van der Waals surface area contributed by atoms with E-state index in [2.05, 4.69) is 19.9 Å². The molecule has 36 heavy (non-hydrogen) atoms. The Morgan fingerprint density at radius 3 is 2.28 bits per heavy atom. The summed E-state index contributed by atoms with van der Waals surface area (Å²) in [5, 5.41) is 32.1. The molecule has 0 amide bonds. The van der Waals surface area contributed by atoms with Gasteiger partial charge in [-0.3, -0.25) is 14.4 Å². The third-order valence-corrected chi connectivity index (χ3v) is 12.2. The maximum atomic E-state index is 14.2. The molecule has 5 rings (SSSR count). The van der Waals surface area contributed by atoms with Crippen LogP contribution in [-0.4, -0.2) is 33.3 Å². The second kappa shape index (κ2) is 7.19. The molecule has 6 heteroatoms. The van der Waals surface area contributed by atoms with Crippen LogP contribution in [0.1, 0.15) is 80.1 Å². The summed E-state index contributed by atoms with van der Waals surface area (Å²) in [4.78, 5) is 39.7. The van der Waals surface area contributed by atoms with Crippen LogP contribution in [-0.2, 0) is 14.4 Å². The fourth-order valence-electron chi connectivity index (χ4n) is 9.68. The van der Waals surface area contributed by atoms with E-state index < -0.39 is 51.0 Å². The highest BCUT2D eigenvalue weighted by molar-refractivity contribution is 5.99. The lowest BCUT2D eigenvalue weighted by Crippen LogP contribution is -2.67. The van der Waals surface area contributed by atoms with Crippen molar-refractivity contribution in [3.63, 3.8) is 0 Å². The number of carbonyl (C=O) groups excluding carboxylic acids is 2. The average Bonchev–Trinajstić information content (AvgIpc) is 2.78. The average molecular weight is 494 g/mol. The van der Waals surface area contributed by atoms with Gasteiger partial charge < -0.3 is 10.2 Å². The van der Waals surface area contributed by atoms with Gasteiger partial charge in [0, 0.05) is 23.2 Å². The van der Waals surface area contributed by atoms with E-state index in [9.17, 15) is 29.9 Å². The maximum Gasteiger partial charge on any atom is 0.309 e. The SMILES string of the molecule is CC1(C)CCC2(C(=O)O)CCC3(C)C(C(=O)C=C4C5(C)C=CC(=O)C(C)(O)C5CCC43C)C2C1C#N. The van der Waals surface area contributed by atoms with E-state index >= 15 is 0 Å². The van der Waals surface area contributed by atoms with Crippen molar-refractivity contribution in [3.05, 3.63) is 23.8 Å². The summed E-state index contributed by atoms with van der Waals surface area (Å²) in [6, 6.07) is 2.48. The van der Waals surface area contributed by atoms with Gasteiger partial charge in [-0.1, -0.05) is 46.3 Å². The minimum Gasteiger partial charge on any atom is -0.481 e. The molecule has 0 heterocycles. The highest BCUT2D eigenvalue weighted by Gasteiger charge is 2.72. The van der Waals surface area contributed by atoms with Gasteiger partial charge in [-0.05, 0) is 73.8 Å². The first-order valence-electron chi connectivity index (χ1n) is 13.4. The van der Waals surface area contributed by atoms with Crippen LogP contribution in [0.15, 0.2) is 23.8 Å². The zero-order chi connectivity index (χ0) is 26.7. The molecule has 0 aromatic carbocycles. The molecule has 0 radical (unpaired) electrons. The molecule has 2 N–H and O–H groups in total. The second-order valence-electron chi connectivity index (χ2n) is 14.0. The maximum absolute atomic E-state index is 14.2. The minimum absolute atomic E-state index is 0.0925. The lowest BCUT2D eigenvalue weighted by atomic mass is 9.33. The van der Waals surface area contributed by atoms with Crippen molar-refractivity contribution in [1.29, 1.82) is 5.26 Å². The summed E-state index contributed by atoms with van der Waals surface area (Å²) in [7, 11) is 0. The molecular formula is C30H39NO5. The van der Waals surface area contributed by atoms with E-state index in [1.165, 1.54) is 6.08 Å². The molecule has 194 valence electrons. The molecule has 9 atom stereocenters. The summed E-state index contributed by atoms with van der Waals surface area (Å²) >= 11 is 0. The summed E-state index contributed by atoms with van der Waals surface area (Å²) < 4.78 is 0. The summed E-state index contributed by atoms with van der Waals surface area (Å²) in [6.07, 6.45) is 8.59. The van der Waals surface area contributed by atoms with Crippen molar-refractivity contribution in [2.24, 2.45) is 50.7 Å². The van der Waals surface area contributed by atoms with Gasteiger partial charge in [0.1, 0.15) is 5.60 Å². The number of carboxylic acids is 1. The number of carbonyl (C=O) groups is 3. The van der Waals surface area contributed by atoms with E-state index in [-0.39, 0.29) is 22.9 Å². The van der Waals surface area contributed by atoms with Crippen LogP contribution in [0.2, 0.25) is 0 Å². The van der Waals surface area contributed by atoms with Crippen molar-refractivity contribution in [2.45, 2.75) is 85.7 Å². The first-order chi connectivity index (χ1) is 16.5. The molecule has 0 aliphatic heterocycles. The number of allylic oxidation sites excluding steroid dienone is 3. The third-order valence-electron chi connectivity index (χ3n) is 12.2. The molecule has 6 nitrogen and oxygen atoms in total. The normalized spacial score (nSPS) is 51.1. The molecule has 5 aliphatic rings. The Balaban J connectivity index is 1.73.